The SMILES string of the molecule is CCOC(=O)c1cc(C2(C)c3cc(BOC(C)(C)C(C)(C)O)ccc3-c3ccc(B4OC(C)(C)C(C)(C)O4)cc32)ccc1OCCOCCOCCOC. The van der Waals surface area contributed by atoms with Gasteiger partial charge in [-0.15, -0.1) is 0 Å². The second-order valence-corrected chi connectivity index (χ2v) is 16.3. The van der Waals surface area contributed by atoms with Crippen LogP contribution < -0.4 is 15.7 Å². The van der Waals surface area contributed by atoms with Crippen LogP contribution in [0.2, 0.25) is 0 Å². The van der Waals surface area contributed by atoms with Gasteiger partial charge in [-0.2, -0.15) is 0 Å². The molecule has 1 heterocycles. The summed E-state index contributed by atoms with van der Waals surface area (Å²) in [4.78, 5) is 13.5. The second kappa shape index (κ2) is 16.5. The third-order valence-electron chi connectivity index (χ3n) is 11.4. The van der Waals surface area contributed by atoms with E-state index >= 15 is 0 Å². The maximum Gasteiger partial charge on any atom is 0.494 e. The van der Waals surface area contributed by atoms with Crippen molar-refractivity contribution in [2.45, 2.75) is 97.1 Å². The lowest BCUT2D eigenvalue weighted by atomic mass is 9.70. The van der Waals surface area contributed by atoms with E-state index in [2.05, 4.69) is 71.0 Å². The summed E-state index contributed by atoms with van der Waals surface area (Å²) < 4.78 is 47.1. The minimum Gasteiger partial charge on any atom is -0.490 e. The summed E-state index contributed by atoms with van der Waals surface area (Å²) in [5, 5.41) is 10.8. The summed E-state index contributed by atoms with van der Waals surface area (Å²) in [5.74, 6) is -0.0491. The monoisotopic (exact) mass is 744 g/mol. The third-order valence-corrected chi connectivity index (χ3v) is 11.4. The molecule has 1 N–H and O–H groups in total. The Labute approximate surface area is 322 Å². The Bertz CT molecular complexity index is 1770. The van der Waals surface area contributed by atoms with E-state index in [1.807, 2.05) is 32.0 Å². The largest absolute Gasteiger partial charge is 0.494 e. The Morgan fingerprint density at radius 1 is 0.796 bits per heavy atom. The van der Waals surface area contributed by atoms with E-state index in [4.69, 9.17) is 37.6 Å². The lowest BCUT2D eigenvalue weighted by Gasteiger charge is -2.37. The van der Waals surface area contributed by atoms with E-state index in [9.17, 15) is 9.90 Å². The number of hydrogen-bond donors (Lipinski definition) is 1. The van der Waals surface area contributed by atoms with Gasteiger partial charge in [0, 0.05) is 12.5 Å². The first kappa shape index (κ1) is 41.9. The molecule has 5 rings (SSSR count). The fourth-order valence-electron chi connectivity index (χ4n) is 6.57. The lowest BCUT2D eigenvalue weighted by Crippen LogP contribution is -2.49. The molecule has 292 valence electrons. The van der Waals surface area contributed by atoms with Gasteiger partial charge in [-0.3, -0.25) is 0 Å². The average Bonchev–Trinajstić information content (AvgIpc) is 3.50. The molecule has 1 saturated heterocycles. The highest BCUT2D eigenvalue weighted by Gasteiger charge is 2.52. The second-order valence-electron chi connectivity index (χ2n) is 16.3. The molecule has 3 aromatic rings. The summed E-state index contributed by atoms with van der Waals surface area (Å²) in [6.45, 7) is 22.2. The third kappa shape index (κ3) is 8.60. The van der Waals surface area contributed by atoms with Crippen molar-refractivity contribution in [1.29, 1.82) is 0 Å². The molecular formula is C42H58B2O10. The van der Waals surface area contributed by atoms with E-state index in [1.54, 1.807) is 27.9 Å². The van der Waals surface area contributed by atoms with E-state index in [0.29, 0.717) is 51.8 Å². The van der Waals surface area contributed by atoms with Crippen LogP contribution >= 0.6 is 0 Å². The molecule has 54 heavy (non-hydrogen) atoms. The van der Waals surface area contributed by atoms with Gasteiger partial charge in [0.1, 0.15) is 17.9 Å². The summed E-state index contributed by atoms with van der Waals surface area (Å²) in [6.07, 6.45) is 0. The highest BCUT2D eigenvalue weighted by molar-refractivity contribution is 6.62. The number of benzene rings is 3. The average molecular weight is 745 g/mol. The van der Waals surface area contributed by atoms with Crippen molar-refractivity contribution in [3.05, 3.63) is 76.9 Å². The molecule has 3 aromatic carbocycles. The smallest absolute Gasteiger partial charge is 0.490 e. The van der Waals surface area contributed by atoms with Crippen molar-refractivity contribution in [2.75, 3.05) is 53.4 Å². The molecule has 0 saturated carbocycles. The molecule has 1 unspecified atom stereocenters. The van der Waals surface area contributed by atoms with E-state index < -0.39 is 40.9 Å². The zero-order chi connectivity index (χ0) is 39.5. The Balaban J connectivity index is 1.53. The van der Waals surface area contributed by atoms with Crippen LogP contribution in [0.4, 0.5) is 0 Å². The van der Waals surface area contributed by atoms with Crippen LogP contribution in [0.3, 0.4) is 0 Å². The maximum absolute atomic E-state index is 13.5. The van der Waals surface area contributed by atoms with Crippen LogP contribution in [-0.4, -0.2) is 101 Å². The Hall–Kier alpha value is -3.22. The van der Waals surface area contributed by atoms with Crippen molar-refractivity contribution < 1.29 is 47.5 Å². The molecule has 1 aliphatic heterocycles. The van der Waals surface area contributed by atoms with Gasteiger partial charge < -0.3 is 42.8 Å². The minimum absolute atomic E-state index is 0.222. The molecule has 0 bridgehead atoms. The van der Waals surface area contributed by atoms with E-state index in [1.165, 1.54) is 0 Å². The molecule has 2 aliphatic rings. The van der Waals surface area contributed by atoms with Crippen LogP contribution in [0.1, 0.15) is 96.3 Å². The Morgan fingerprint density at radius 2 is 1.39 bits per heavy atom. The topological polar surface area (TPSA) is 111 Å². The van der Waals surface area contributed by atoms with E-state index in [0.717, 1.165) is 38.7 Å². The van der Waals surface area contributed by atoms with Gasteiger partial charge in [-0.1, -0.05) is 47.9 Å². The standard InChI is InChI=1S/C42H58B2O10/c1-12-50-37(45)33-25-28(13-18-36(33)51-24-23-49-22-21-48-20-19-47-11)42(10)34-26-29(43-52-39(4,5)38(2,3)46)14-16-31(34)32-17-15-30(27-35(32)42)44-53-40(6,7)41(8,9)54-44/h13-18,25-27,43,46H,12,19-24H2,1-11H3. The lowest BCUT2D eigenvalue weighted by molar-refractivity contribution is -0.0893. The zero-order valence-corrected chi connectivity index (χ0v) is 34.1. The van der Waals surface area contributed by atoms with Crippen molar-refractivity contribution >= 4 is 31.5 Å². The van der Waals surface area contributed by atoms with Crippen molar-refractivity contribution in [3.63, 3.8) is 0 Å². The molecule has 0 amide bonds. The highest BCUT2D eigenvalue weighted by Crippen LogP contribution is 2.52. The molecular weight excluding hydrogens is 686 g/mol. The van der Waals surface area contributed by atoms with Gasteiger partial charge in [0.05, 0.1) is 62.0 Å². The van der Waals surface area contributed by atoms with Crippen molar-refractivity contribution in [1.82, 2.24) is 0 Å². The first-order chi connectivity index (χ1) is 25.4. The molecule has 1 aliphatic carbocycles. The molecule has 1 atom stereocenters. The number of esters is 1. The van der Waals surface area contributed by atoms with Crippen LogP contribution in [0, 0.1) is 0 Å². The number of ether oxygens (including phenoxy) is 5. The fourth-order valence-corrected chi connectivity index (χ4v) is 6.57. The molecule has 12 heteroatoms. The normalized spacial score (nSPS) is 18.7. The number of hydrogen-bond acceptors (Lipinski definition) is 10. The van der Waals surface area contributed by atoms with Gasteiger partial charge >= 0.3 is 20.6 Å². The van der Waals surface area contributed by atoms with Gasteiger partial charge in [0.2, 0.25) is 0 Å². The summed E-state index contributed by atoms with van der Waals surface area (Å²) >= 11 is 0. The van der Waals surface area contributed by atoms with E-state index in [-0.39, 0.29) is 13.2 Å². The number of aliphatic hydroxyl groups is 1. The van der Waals surface area contributed by atoms with Gasteiger partial charge in [-0.25, -0.2) is 4.79 Å². The van der Waals surface area contributed by atoms with Crippen molar-refractivity contribution in [2.24, 2.45) is 0 Å². The fraction of sp³-hybridized carbons (Fsp3) is 0.548. The van der Waals surface area contributed by atoms with Crippen LogP contribution in [0.25, 0.3) is 11.1 Å². The Morgan fingerprint density at radius 3 is 2.00 bits per heavy atom. The number of rotatable bonds is 18. The highest BCUT2D eigenvalue weighted by atomic mass is 16.7. The molecule has 0 spiro atoms. The first-order valence-electron chi connectivity index (χ1n) is 19.0. The molecule has 0 radical (unpaired) electrons. The van der Waals surface area contributed by atoms with Gasteiger partial charge in [0.25, 0.3) is 0 Å². The molecule has 0 aromatic heterocycles. The predicted octanol–water partition coefficient (Wildman–Crippen LogP) is 5.10. The van der Waals surface area contributed by atoms with Crippen molar-refractivity contribution in [3.8, 4) is 16.9 Å². The summed E-state index contributed by atoms with van der Waals surface area (Å²) in [6, 6.07) is 18.5. The zero-order valence-electron chi connectivity index (χ0n) is 34.1. The molecule has 10 nitrogen and oxygen atoms in total. The minimum atomic E-state index is -1.05. The van der Waals surface area contributed by atoms with Crippen LogP contribution in [-0.2, 0) is 38.3 Å². The predicted molar refractivity (Wildman–Crippen MR) is 213 cm³/mol. The maximum atomic E-state index is 13.5. The quantitative estimate of drug-likeness (QED) is 0.107. The number of fused-ring (bicyclic) bond motifs is 3. The number of carbonyl (C=O) groups is 1. The van der Waals surface area contributed by atoms with Crippen LogP contribution in [0.15, 0.2) is 54.6 Å². The van der Waals surface area contributed by atoms with Crippen LogP contribution in [0.5, 0.6) is 5.75 Å². The van der Waals surface area contributed by atoms with Gasteiger partial charge in [0.15, 0.2) is 0 Å². The number of carbonyl (C=O) groups excluding carboxylic acids is 1. The van der Waals surface area contributed by atoms with Gasteiger partial charge in [-0.05, 0) is 115 Å². The summed E-state index contributed by atoms with van der Waals surface area (Å²) in [5.41, 5.74) is 3.85. The number of methoxy groups -OCH3 is 1. The first-order valence-corrected chi connectivity index (χ1v) is 19.0. The Kier molecular flexibility index (Phi) is 12.8. The molecule has 1 fully saturated rings. The summed E-state index contributed by atoms with van der Waals surface area (Å²) in [7, 11) is 1.39.